The Hall–Kier alpha value is -3.35. The number of halogens is 3. The fourth-order valence-electron chi connectivity index (χ4n) is 4.36. The quantitative estimate of drug-likeness (QED) is 0.434. The van der Waals surface area contributed by atoms with Gasteiger partial charge in [0, 0.05) is 6.07 Å². The van der Waals surface area contributed by atoms with Crippen LogP contribution < -0.4 is 15.4 Å². The van der Waals surface area contributed by atoms with Crippen LogP contribution in [-0.4, -0.2) is 16.1 Å². The van der Waals surface area contributed by atoms with Crippen LogP contribution in [0.2, 0.25) is 0 Å². The molecular formula is C21H15BF3N3. The van der Waals surface area contributed by atoms with E-state index in [0.29, 0.717) is 11.4 Å². The van der Waals surface area contributed by atoms with E-state index in [0.717, 1.165) is 17.0 Å². The Labute approximate surface area is 159 Å². The standard InChI is InChI=1S/C21H15BF3N3/c23-21(24,25)20-15-19-18-13-7-8-14-27(18)22(28(19)26-20,16-9-3-1-4-10-16)17-11-5-2-6-12-17/h1-15H. The minimum absolute atomic E-state index is 0.459. The average Bonchev–Trinajstić information content (AvgIpc) is 3.26. The van der Waals surface area contributed by atoms with Crippen molar-refractivity contribution in [2.24, 2.45) is 0 Å². The third kappa shape index (κ3) is 2.19. The molecule has 0 radical (unpaired) electrons. The maximum absolute atomic E-state index is 13.5. The molecule has 0 N–H and O–H groups in total. The number of rotatable bonds is 2. The molecule has 0 amide bonds. The number of nitrogens with zero attached hydrogens (tertiary/aromatic N) is 3. The highest BCUT2D eigenvalue weighted by molar-refractivity contribution is 6.95. The summed E-state index contributed by atoms with van der Waals surface area (Å²) in [5, 5.41) is 4.08. The Morgan fingerprint density at radius 3 is 1.93 bits per heavy atom. The molecule has 2 aromatic carbocycles. The number of pyridine rings is 1. The van der Waals surface area contributed by atoms with Crippen molar-refractivity contribution in [2.45, 2.75) is 6.18 Å². The van der Waals surface area contributed by atoms with Crippen LogP contribution in [0.1, 0.15) is 5.69 Å². The van der Waals surface area contributed by atoms with E-state index in [4.69, 9.17) is 0 Å². The van der Waals surface area contributed by atoms with Crippen molar-refractivity contribution in [3.8, 4) is 11.4 Å². The lowest BCUT2D eigenvalue weighted by Crippen LogP contribution is -2.81. The van der Waals surface area contributed by atoms with E-state index in [1.165, 1.54) is 0 Å². The van der Waals surface area contributed by atoms with E-state index in [-0.39, 0.29) is 0 Å². The normalized spacial score (nSPS) is 14.5. The van der Waals surface area contributed by atoms with Crippen LogP contribution in [0, 0.1) is 0 Å². The van der Waals surface area contributed by atoms with E-state index in [9.17, 15) is 13.2 Å². The zero-order valence-corrected chi connectivity index (χ0v) is 14.7. The van der Waals surface area contributed by atoms with Gasteiger partial charge in [0.05, 0.1) is 5.69 Å². The summed E-state index contributed by atoms with van der Waals surface area (Å²) in [7, 11) is 0. The second-order valence-corrected chi connectivity index (χ2v) is 6.95. The molecule has 3 heterocycles. The molecule has 0 bridgehead atoms. The van der Waals surface area contributed by atoms with Crippen LogP contribution in [0.4, 0.5) is 13.2 Å². The highest BCUT2D eigenvalue weighted by Gasteiger charge is 2.53. The summed E-state index contributed by atoms with van der Waals surface area (Å²) in [6.45, 7) is 0. The number of alkyl halides is 3. The van der Waals surface area contributed by atoms with E-state index in [2.05, 4.69) is 5.10 Å². The van der Waals surface area contributed by atoms with Gasteiger partial charge in [0.25, 0.3) is 0 Å². The number of benzene rings is 2. The molecular weight excluding hydrogens is 362 g/mol. The lowest BCUT2D eigenvalue weighted by atomic mass is 9.37. The summed E-state index contributed by atoms with van der Waals surface area (Å²) in [4.78, 5) is 0. The van der Waals surface area contributed by atoms with Crippen molar-refractivity contribution in [2.75, 3.05) is 0 Å². The van der Waals surface area contributed by atoms with Gasteiger partial charge in [0.15, 0.2) is 11.4 Å². The lowest BCUT2D eigenvalue weighted by Gasteiger charge is -2.32. The fourth-order valence-corrected chi connectivity index (χ4v) is 4.36. The van der Waals surface area contributed by atoms with Crippen LogP contribution in [0.3, 0.4) is 0 Å². The second-order valence-electron chi connectivity index (χ2n) is 6.95. The first-order valence-electron chi connectivity index (χ1n) is 8.98. The Bertz CT molecular complexity index is 1110. The SMILES string of the molecule is FC(F)(F)c1cc2n(n1)[B-](c1ccccc1)(c1ccccc1)[n+]1ccccc1-2. The van der Waals surface area contributed by atoms with Crippen LogP contribution in [-0.2, 0) is 6.18 Å². The molecule has 2 aromatic heterocycles. The third-order valence-corrected chi connectivity index (χ3v) is 5.46. The zero-order valence-electron chi connectivity index (χ0n) is 14.7. The van der Waals surface area contributed by atoms with Gasteiger partial charge in [-0.25, -0.2) is 5.10 Å². The molecule has 0 unspecified atom stereocenters. The monoisotopic (exact) mass is 377 g/mol. The molecule has 0 spiro atoms. The summed E-state index contributed by atoms with van der Waals surface area (Å²) in [6.07, 6.45) is -4.55. The predicted octanol–water partition coefficient (Wildman–Crippen LogP) is 2.82. The van der Waals surface area contributed by atoms with Crippen molar-refractivity contribution in [3.05, 3.63) is 96.8 Å². The van der Waals surface area contributed by atoms with Crippen molar-refractivity contribution >= 4 is 17.3 Å². The Kier molecular flexibility index (Phi) is 3.50. The van der Waals surface area contributed by atoms with Crippen molar-refractivity contribution in [1.82, 2.24) is 9.69 Å². The first kappa shape index (κ1) is 16.8. The van der Waals surface area contributed by atoms with Gasteiger partial charge in [-0.1, -0.05) is 66.7 Å². The lowest BCUT2D eigenvalue weighted by molar-refractivity contribution is -0.527. The summed E-state index contributed by atoms with van der Waals surface area (Å²) < 4.78 is 44.1. The van der Waals surface area contributed by atoms with Gasteiger partial charge in [-0.2, -0.15) is 13.2 Å². The van der Waals surface area contributed by atoms with Crippen molar-refractivity contribution in [3.63, 3.8) is 0 Å². The minimum Gasteiger partial charge on any atom is -0.390 e. The van der Waals surface area contributed by atoms with Crippen molar-refractivity contribution in [1.29, 1.82) is 0 Å². The topological polar surface area (TPSA) is 21.7 Å². The predicted molar refractivity (Wildman–Crippen MR) is 102 cm³/mol. The molecule has 3 nitrogen and oxygen atoms in total. The molecule has 0 atom stereocenters. The molecule has 1 aliphatic rings. The molecule has 5 rings (SSSR count). The van der Waals surface area contributed by atoms with Gasteiger partial charge in [-0.3, -0.25) is 0 Å². The van der Waals surface area contributed by atoms with E-state index in [1.807, 2.05) is 89.5 Å². The summed E-state index contributed by atoms with van der Waals surface area (Å²) in [5.74, 6) is 0. The molecule has 0 saturated carbocycles. The van der Waals surface area contributed by atoms with Crippen LogP contribution >= 0.6 is 0 Å². The van der Waals surface area contributed by atoms with E-state index >= 15 is 0 Å². The smallest absolute Gasteiger partial charge is 0.390 e. The third-order valence-electron chi connectivity index (χ3n) is 5.46. The first-order valence-corrected chi connectivity index (χ1v) is 8.98. The minimum atomic E-state index is -4.51. The number of aromatic nitrogens is 3. The van der Waals surface area contributed by atoms with Gasteiger partial charge < -0.3 is 9.07 Å². The average molecular weight is 377 g/mol. The van der Waals surface area contributed by atoms with E-state index in [1.54, 1.807) is 4.59 Å². The molecule has 0 aliphatic carbocycles. The summed E-state index contributed by atoms with van der Waals surface area (Å²) in [5.41, 5.74) is 2.07. The second kappa shape index (κ2) is 5.82. The van der Waals surface area contributed by atoms with Gasteiger partial charge in [-0.05, 0) is 12.1 Å². The summed E-state index contributed by atoms with van der Waals surface area (Å²) in [6, 6.07) is 25.9. The fraction of sp³-hybridized carbons (Fsp3) is 0.0476. The maximum Gasteiger partial charge on any atom is 0.450 e. The Morgan fingerprint density at radius 1 is 0.786 bits per heavy atom. The highest BCUT2D eigenvalue weighted by Crippen LogP contribution is 2.34. The maximum atomic E-state index is 13.5. The van der Waals surface area contributed by atoms with Crippen LogP contribution in [0.25, 0.3) is 11.4 Å². The van der Waals surface area contributed by atoms with Crippen molar-refractivity contribution < 1.29 is 17.6 Å². The van der Waals surface area contributed by atoms with E-state index < -0.39 is 18.3 Å². The first-order chi connectivity index (χ1) is 13.5. The van der Waals surface area contributed by atoms with Gasteiger partial charge in [0.1, 0.15) is 6.20 Å². The zero-order chi connectivity index (χ0) is 19.4. The molecule has 0 saturated heterocycles. The van der Waals surface area contributed by atoms with Gasteiger partial charge in [-0.15, -0.1) is 10.9 Å². The molecule has 7 heteroatoms. The van der Waals surface area contributed by atoms with Gasteiger partial charge in [0.2, 0.25) is 0 Å². The number of fused-ring (bicyclic) bond motifs is 3. The summed E-state index contributed by atoms with van der Waals surface area (Å²) >= 11 is 0. The molecule has 0 fully saturated rings. The molecule has 28 heavy (non-hydrogen) atoms. The molecule has 1 aliphatic heterocycles. The molecule has 4 aromatic rings. The van der Waals surface area contributed by atoms with Crippen LogP contribution in [0.15, 0.2) is 91.1 Å². The highest BCUT2D eigenvalue weighted by atomic mass is 19.4. The molecule has 138 valence electrons. The number of hydrogen-bond donors (Lipinski definition) is 0. The Morgan fingerprint density at radius 2 is 1.36 bits per heavy atom. The largest absolute Gasteiger partial charge is 0.450 e. The van der Waals surface area contributed by atoms with Gasteiger partial charge >= 0.3 is 12.6 Å². The Balaban J connectivity index is 1.94. The van der Waals surface area contributed by atoms with Crippen LogP contribution in [0.5, 0.6) is 0 Å². The number of hydrogen-bond acceptors (Lipinski definition) is 1.